The van der Waals surface area contributed by atoms with Crippen LogP contribution in [0.4, 0.5) is 14.9 Å². The molecule has 0 aromatic heterocycles. The number of nitrogens with zero attached hydrogens (tertiary/aromatic N) is 2. The molecule has 2 aromatic carbocycles. The number of halogens is 1. The number of aliphatic imine (C=N–C) groups is 1. The zero-order valence-electron chi connectivity index (χ0n) is 13.9. The summed E-state index contributed by atoms with van der Waals surface area (Å²) in [5.41, 5.74) is 9.07. The van der Waals surface area contributed by atoms with E-state index in [0.29, 0.717) is 23.2 Å². The third-order valence-electron chi connectivity index (χ3n) is 4.12. The lowest BCUT2D eigenvalue weighted by Crippen LogP contribution is -2.43. The van der Waals surface area contributed by atoms with Gasteiger partial charge < -0.3 is 11.1 Å². The van der Waals surface area contributed by atoms with Crippen molar-refractivity contribution in [3.63, 3.8) is 0 Å². The quantitative estimate of drug-likeness (QED) is 0.841. The van der Waals surface area contributed by atoms with Gasteiger partial charge in [-0.2, -0.15) is 0 Å². The Kier molecular flexibility index (Phi) is 4.79. The predicted molar refractivity (Wildman–Crippen MR) is 97.8 cm³/mol. The average molecular weight is 338 g/mol. The van der Waals surface area contributed by atoms with E-state index in [4.69, 9.17) is 5.73 Å². The van der Waals surface area contributed by atoms with Gasteiger partial charge in [0.25, 0.3) is 0 Å². The topological polar surface area (TPSA) is 70.7 Å². The molecule has 0 spiro atoms. The summed E-state index contributed by atoms with van der Waals surface area (Å²) in [5, 5.41) is 2.80. The molecule has 2 amide bonds. The lowest BCUT2D eigenvalue weighted by molar-refractivity contribution is 0.244. The number of hydrogen-bond acceptors (Lipinski definition) is 3. The first kappa shape index (κ1) is 16.7. The van der Waals surface area contributed by atoms with Crippen molar-refractivity contribution in [1.82, 2.24) is 5.32 Å². The number of urea groups is 1. The van der Waals surface area contributed by atoms with E-state index >= 15 is 0 Å². The van der Waals surface area contributed by atoms with Crippen LogP contribution in [0.15, 0.2) is 53.7 Å². The largest absolute Gasteiger partial charge is 0.404 e. The third kappa shape index (κ3) is 3.38. The number of anilines is 1. The monoisotopic (exact) mass is 338 g/mol. The van der Waals surface area contributed by atoms with E-state index in [2.05, 4.69) is 10.3 Å². The maximum absolute atomic E-state index is 14.6. The Morgan fingerprint density at radius 2 is 2.16 bits per heavy atom. The molecule has 1 aliphatic rings. The number of amides is 2. The Hall–Kier alpha value is -3.15. The van der Waals surface area contributed by atoms with Crippen LogP contribution < -0.4 is 16.0 Å². The fourth-order valence-corrected chi connectivity index (χ4v) is 2.83. The molecule has 1 aliphatic heterocycles. The molecule has 25 heavy (non-hydrogen) atoms. The predicted octanol–water partition coefficient (Wildman–Crippen LogP) is 3.06. The molecule has 1 heterocycles. The molecule has 0 saturated heterocycles. The second-order valence-corrected chi connectivity index (χ2v) is 5.69. The van der Waals surface area contributed by atoms with Gasteiger partial charge in [-0.05, 0) is 23.3 Å². The number of hydrogen-bond donors (Lipinski definition) is 2. The van der Waals surface area contributed by atoms with Gasteiger partial charge in [0.15, 0.2) is 0 Å². The lowest BCUT2D eigenvalue weighted by atomic mass is 10.0. The smallest absolute Gasteiger partial charge is 0.322 e. The summed E-state index contributed by atoms with van der Waals surface area (Å²) in [4.78, 5) is 17.7. The molecule has 0 bridgehead atoms. The second kappa shape index (κ2) is 7.17. The number of para-hydroxylation sites is 1. The zero-order valence-corrected chi connectivity index (χ0v) is 13.9. The molecule has 6 heteroatoms. The first-order valence-corrected chi connectivity index (χ1v) is 7.90. The van der Waals surface area contributed by atoms with Crippen molar-refractivity contribution in [2.75, 3.05) is 11.9 Å². The molecule has 0 radical (unpaired) electrons. The van der Waals surface area contributed by atoms with Crippen molar-refractivity contribution in [2.24, 2.45) is 10.7 Å². The van der Waals surface area contributed by atoms with Crippen LogP contribution in [0, 0.1) is 5.82 Å². The number of fused-ring (bicyclic) bond motifs is 1. The first-order chi connectivity index (χ1) is 12.1. The first-order valence-electron chi connectivity index (χ1n) is 7.90. The number of allylic oxidation sites excluding steroid dienone is 1. The van der Waals surface area contributed by atoms with E-state index in [1.54, 1.807) is 30.3 Å². The zero-order chi connectivity index (χ0) is 17.8. The van der Waals surface area contributed by atoms with E-state index in [1.807, 2.05) is 24.3 Å². The van der Waals surface area contributed by atoms with Crippen LogP contribution in [0.2, 0.25) is 0 Å². The Balaban J connectivity index is 1.90. The van der Waals surface area contributed by atoms with Crippen LogP contribution in [0.5, 0.6) is 0 Å². The highest BCUT2D eigenvalue weighted by atomic mass is 19.1. The van der Waals surface area contributed by atoms with Crippen molar-refractivity contribution in [3.05, 3.63) is 71.2 Å². The molecular weight excluding hydrogens is 319 g/mol. The van der Waals surface area contributed by atoms with Crippen molar-refractivity contribution in [2.45, 2.75) is 13.1 Å². The number of benzene rings is 2. The molecule has 128 valence electrons. The van der Waals surface area contributed by atoms with Gasteiger partial charge in [0.2, 0.25) is 0 Å². The van der Waals surface area contributed by atoms with Crippen molar-refractivity contribution < 1.29 is 9.18 Å². The Morgan fingerprint density at radius 1 is 1.36 bits per heavy atom. The van der Waals surface area contributed by atoms with Gasteiger partial charge in [-0.1, -0.05) is 30.3 Å². The van der Waals surface area contributed by atoms with Crippen LogP contribution >= 0.6 is 0 Å². The van der Waals surface area contributed by atoms with Gasteiger partial charge in [-0.25, -0.2) is 9.18 Å². The van der Waals surface area contributed by atoms with Crippen LogP contribution in [-0.4, -0.2) is 19.3 Å². The summed E-state index contributed by atoms with van der Waals surface area (Å²) >= 11 is 0. The van der Waals surface area contributed by atoms with Crippen LogP contribution in [-0.2, 0) is 13.1 Å². The number of carbonyl (C=O) groups excluding carboxylic acids is 1. The molecule has 2 aromatic rings. The lowest BCUT2D eigenvalue weighted by Gasteiger charge is -2.30. The summed E-state index contributed by atoms with van der Waals surface area (Å²) in [7, 11) is 1.63. The summed E-state index contributed by atoms with van der Waals surface area (Å²) < 4.78 is 14.6. The second-order valence-electron chi connectivity index (χ2n) is 5.69. The molecule has 0 fully saturated rings. The highest BCUT2D eigenvalue weighted by molar-refractivity contribution is 6.09. The minimum absolute atomic E-state index is 0.151. The van der Waals surface area contributed by atoms with Crippen molar-refractivity contribution in [3.8, 4) is 0 Å². The molecule has 0 atom stereocenters. The summed E-state index contributed by atoms with van der Waals surface area (Å²) in [5.74, 6) is -0.391. The summed E-state index contributed by atoms with van der Waals surface area (Å²) in [6, 6.07) is 12.2. The molecule has 0 aliphatic carbocycles. The molecule has 0 unspecified atom stereocenters. The van der Waals surface area contributed by atoms with Crippen molar-refractivity contribution >= 4 is 23.5 Å². The molecule has 0 saturated carbocycles. The molecule has 3 N–H and O–H groups in total. The normalized spacial score (nSPS) is 14.6. The minimum Gasteiger partial charge on any atom is -0.404 e. The fraction of sp³-hybridized carbons (Fsp3) is 0.158. The van der Waals surface area contributed by atoms with Crippen LogP contribution in [0.25, 0.3) is 5.57 Å². The maximum atomic E-state index is 14.6. The van der Waals surface area contributed by atoms with Gasteiger partial charge in [0.1, 0.15) is 5.82 Å². The van der Waals surface area contributed by atoms with Gasteiger partial charge in [-0.15, -0.1) is 0 Å². The SMILES string of the molecule is CN=C/C(=C\N)c1ccc(CN2C(=O)NCc3ccccc32)c(F)c1. The van der Waals surface area contributed by atoms with Crippen LogP contribution in [0.1, 0.15) is 16.7 Å². The summed E-state index contributed by atoms with van der Waals surface area (Å²) in [6.07, 6.45) is 2.96. The van der Waals surface area contributed by atoms with E-state index < -0.39 is 5.82 Å². The van der Waals surface area contributed by atoms with Crippen LogP contribution in [0.3, 0.4) is 0 Å². The molecule has 3 rings (SSSR count). The average Bonchev–Trinajstić information content (AvgIpc) is 2.63. The Bertz CT molecular complexity index is 860. The number of nitrogens with one attached hydrogen (secondary N) is 1. The Morgan fingerprint density at radius 3 is 2.88 bits per heavy atom. The van der Waals surface area contributed by atoms with E-state index in [-0.39, 0.29) is 12.6 Å². The van der Waals surface area contributed by atoms with Crippen molar-refractivity contribution in [1.29, 1.82) is 0 Å². The summed E-state index contributed by atoms with van der Waals surface area (Å²) in [6.45, 7) is 0.631. The van der Waals surface area contributed by atoms with Gasteiger partial charge in [0, 0.05) is 37.1 Å². The van der Waals surface area contributed by atoms with Gasteiger partial charge >= 0.3 is 6.03 Å². The highest BCUT2D eigenvalue weighted by Gasteiger charge is 2.24. The van der Waals surface area contributed by atoms with Gasteiger partial charge in [0.05, 0.1) is 12.2 Å². The highest BCUT2D eigenvalue weighted by Crippen LogP contribution is 2.27. The third-order valence-corrected chi connectivity index (χ3v) is 4.12. The van der Waals surface area contributed by atoms with E-state index in [0.717, 1.165) is 11.3 Å². The maximum Gasteiger partial charge on any atom is 0.322 e. The van der Waals surface area contributed by atoms with Gasteiger partial charge in [-0.3, -0.25) is 9.89 Å². The Labute approximate surface area is 145 Å². The molecular formula is C19H19FN4O. The number of nitrogens with two attached hydrogens (primary N) is 1. The molecule has 5 nitrogen and oxygen atoms in total. The fourth-order valence-electron chi connectivity index (χ4n) is 2.83. The van der Waals surface area contributed by atoms with E-state index in [9.17, 15) is 9.18 Å². The van der Waals surface area contributed by atoms with E-state index in [1.165, 1.54) is 12.3 Å². The standard InChI is InChI=1S/C19H19FN4O/c1-22-10-16(9-21)13-6-7-15(17(20)8-13)12-24-18-5-3-2-4-14(18)11-23-19(24)25/h2-10H,11-12,21H2,1H3,(H,23,25)/b16-9+,22-10?. The number of rotatable bonds is 4. The minimum atomic E-state index is -0.391. The number of carbonyl (C=O) groups is 1.